The largest absolute Gasteiger partial charge is 0.393 e. The molecule has 140 valence electrons. The van der Waals surface area contributed by atoms with Crippen molar-refractivity contribution >= 4 is 23.2 Å². The number of carbonyl (C=O) groups is 2. The first-order chi connectivity index (χ1) is 12.4. The van der Waals surface area contributed by atoms with Gasteiger partial charge in [0.25, 0.3) is 11.6 Å². The summed E-state index contributed by atoms with van der Waals surface area (Å²) in [4.78, 5) is 38.3. The lowest BCUT2D eigenvalue weighted by Gasteiger charge is -2.41. The highest BCUT2D eigenvalue weighted by Gasteiger charge is 2.33. The van der Waals surface area contributed by atoms with Crippen molar-refractivity contribution in [1.82, 2.24) is 15.1 Å². The molecule has 10 heteroatoms. The lowest BCUT2D eigenvalue weighted by atomic mass is 10.0. The van der Waals surface area contributed by atoms with Gasteiger partial charge in [0.2, 0.25) is 5.91 Å². The molecule has 3 N–H and O–H groups in total. The molecule has 0 spiro atoms. The zero-order valence-electron chi connectivity index (χ0n) is 14.1. The van der Waals surface area contributed by atoms with Crippen LogP contribution in [0.3, 0.4) is 0 Å². The monoisotopic (exact) mass is 365 g/mol. The van der Waals surface area contributed by atoms with Crippen LogP contribution in [-0.2, 0) is 4.79 Å². The molecule has 2 amide bonds. The van der Waals surface area contributed by atoms with E-state index in [0.29, 0.717) is 38.7 Å². The highest BCUT2D eigenvalue weighted by Crippen LogP contribution is 2.29. The van der Waals surface area contributed by atoms with Crippen LogP contribution < -0.4 is 11.1 Å². The molecule has 2 aliphatic rings. The van der Waals surface area contributed by atoms with Crippen molar-refractivity contribution in [3.8, 4) is 0 Å². The topological polar surface area (TPSA) is 122 Å². The number of amides is 2. The average molecular weight is 365 g/mol. The van der Waals surface area contributed by atoms with E-state index in [1.165, 1.54) is 4.90 Å². The van der Waals surface area contributed by atoms with Crippen molar-refractivity contribution in [2.45, 2.75) is 18.9 Å². The highest BCUT2D eigenvalue weighted by atomic mass is 19.1. The molecule has 3 rings (SSSR count). The van der Waals surface area contributed by atoms with E-state index < -0.39 is 22.3 Å². The summed E-state index contributed by atoms with van der Waals surface area (Å²) >= 11 is 0. The van der Waals surface area contributed by atoms with Crippen LogP contribution in [0.15, 0.2) is 12.1 Å². The summed E-state index contributed by atoms with van der Waals surface area (Å²) in [5.41, 5.74) is 4.54. The summed E-state index contributed by atoms with van der Waals surface area (Å²) in [6, 6.07) is 1.50. The first kappa shape index (κ1) is 18.1. The van der Waals surface area contributed by atoms with Gasteiger partial charge in [0.1, 0.15) is 11.5 Å². The predicted octanol–water partition coefficient (Wildman–Crippen LogP) is 0.353. The molecule has 1 atom stereocenters. The summed E-state index contributed by atoms with van der Waals surface area (Å²) < 4.78 is 13.7. The van der Waals surface area contributed by atoms with E-state index in [9.17, 15) is 24.1 Å². The van der Waals surface area contributed by atoms with Crippen LogP contribution in [0.5, 0.6) is 0 Å². The number of rotatable bonds is 3. The first-order valence-electron chi connectivity index (χ1n) is 8.41. The summed E-state index contributed by atoms with van der Waals surface area (Å²) in [5, 5.41) is 14.0. The number of hydrogen-bond acceptors (Lipinski definition) is 6. The molecular formula is C16H20FN5O4. The Labute approximate surface area is 149 Å². The molecule has 0 saturated carbocycles. The van der Waals surface area contributed by atoms with Crippen molar-refractivity contribution in [1.29, 1.82) is 0 Å². The molecule has 0 bridgehead atoms. The Kier molecular flexibility index (Phi) is 5.03. The predicted molar refractivity (Wildman–Crippen MR) is 91.0 cm³/mol. The van der Waals surface area contributed by atoms with Gasteiger partial charge in [-0.2, -0.15) is 0 Å². The van der Waals surface area contributed by atoms with Gasteiger partial charge in [-0.05, 0) is 18.9 Å². The maximum atomic E-state index is 13.7. The second kappa shape index (κ2) is 7.24. The SMILES string of the molecule is Nc1c(C(=O)N2CCCC(N3CCNCC3=O)C2)cc(F)cc1[N+](=O)[O-]. The molecule has 1 unspecified atom stereocenters. The minimum atomic E-state index is -0.889. The number of likely N-dealkylation sites (tertiary alicyclic amines) is 1. The maximum absolute atomic E-state index is 13.7. The van der Waals surface area contributed by atoms with Crippen LogP contribution in [0, 0.1) is 15.9 Å². The molecule has 0 aromatic heterocycles. The number of anilines is 1. The Morgan fingerprint density at radius 1 is 1.38 bits per heavy atom. The standard InChI is InChI=1S/C16H20FN5O4/c17-10-6-12(15(18)13(7-10)22(25)26)16(24)20-4-1-2-11(9-20)21-5-3-19-8-14(21)23/h6-7,11,19H,1-5,8-9,18H2. The summed E-state index contributed by atoms with van der Waals surface area (Å²) in [6.07, 6.45) is 1.46. The molecule has 2 fully saturated rings. The molecule has 2 heterocycles. The van der Waals surface area contributed by atoms with Crippen molar-refractivity contribution in [3.63, 3.8) is 0 Å². The zero-order valence-corrected chi connectivity index (χ0v) is 14.1. The van der Waals surface area contributed by atoms with Gasteiger partial charge in [-0.3, -0.25) is 19.7 Å². The molecule has 0 aliphatic carbocycles. The Bertz CT molecular complexity index is 756. The van der Waals surface area contributed by atoms with Crippen LogP contribution in [0.4, 0.5) is 15.8 Å². The van der Waals surface area contributed by atoms with E-state index in [1.54, 1.807) is 4.90 Å². The van der Waals surface area contributed by atoms with Gasteiger partial charge in [0.15, 0.2) is 0 Å². The van der Waals surface area contributed by atoms with Crippen LogP contribution in [0.1, 0.15) is 23.2 Å². The number of nitrogens with zero attached hydrogens (tertiary/aromatic N) is 3. The van der Waals surface area contributed by atoms with E-state index in [4.69, 9.17) is 5.73 Å². The number of nitro groups is 1. The molecule has 0 radical (unpaired) electrons. The van der Waals surface area contributed by atoms with Gasteiger partial charge in [-0.15, -0.1) is 0 Å². The normalized spacial score (nSPS) is 21.0. The lowest BCUT2D eigenvalue weighted by molar-refractivity contribution is -0.384. The van der Waals surface area contributed by atoms with E-state index in [2.05, 4.69) is 5.32 Å². The molecule has 1 aromatic rings. The third-order valence-corrected chi connectivity index (χ3v) is 4.80. The number of carbonyl (C=O) groups excluding carboxylic acids is 2. The Hall–Kier alpha value is -2.75. The van der Waals surface area contributed by atoms with E-state index in [-0.39, 0.29) is 29.7 Å². The Morgan fingerprint density at radius 2 is 2.15 bits per heavy atom. The van der Waals surface area contributed by atoms with Crippen LogP contribution in [0.25, 0.3) is 0 Å². The number of piperazine rings is 1. The number of nitrogen functional groups attached to an aromatic ring is 1. The Balaban J connectivity index is 1.81. The van der Waals surface area contributed by atoms with E-state index in [0.717, 1.165) is 12.5 Å². The third-order valence-electron chi connectivity index (χ3n) is 4.80. The van der Waals surface area contributed by atoms with E-state index >= 15 is 0 Å². The minimum absolute atomic E-state index is 0.0172. The quantitative estimate of drug-likeness (QED) is 0.453. The maximum Gasteiger partial charge on any atom is 0.295 e. The smallest absolute Gasteiger partial charge is 0.295 e. The summed E-state index contributed by atoms with van der Waals surface area (Å²) in [6.45, 7) is 2.26. The number of nitrogens with one attached hydrogen (secondary N) is 1. The van der Waals surface area contributed by atoms with Gasteiger partial charge >= 0.3 is 0 Å². The van der Waals surface area contributed by atoms with E-state index in [1.807, 2.05) is 0 Å². The molecule has 9 nitrogen and oxygen atoms in total. The molecule has 1 aromatic carbocycles. The van der Waals surface area contributed by atoms with Gasteiger partial charge in [0, 0.05) is 32.2 Å². The number of piperidine rings is 1. The number of nitro benzene ring substituents is 1. The molecular weight excluding hydrogens is 345 g/mol. The number of benzene rings is 1. The molecule has 2 aliphatic heterocycles. The average Bonchev–Trinajstić information content (AvgIpc) is 2.63. The molecule has 26 heavy (non-hydrogen) atoms. The second-order valence-corrected chi connectivity index (χ2v) is 6.45. The van der Waals surface area contributed by atoms with Gasteiger partial charge in [-0.25, -0.2) is 4.39 Å². The van der Waals surface area contributed by atoms with Gasteiger partial charge in [0.05, 0.1) is 23.1 Å². The lowest BCUT2D eigenvalue weighted by Crippen LogP contribution is -2.57. The van der Waals surface area contributed by atoms with Gasteiger partial charge in [-0.1, -0.05) is 0 Å². The number of nitrogens with two attached hydrogens (primary N) is 1. The van der Waals surface area contributed by atoms with Crippen molar-refractivity contribution in [3.05, 3.63) is 33.6 Å². The van der Waals surface area contributed by atoms with Crippen molar-refractivity contribution in [2.75, 3.05) is 38.5 Å². The fraction of sp³-hybridized carbons (Fsp3) is 0.500. The second-order valence-electron chi connectivity index (χ2n) is 6.45. The number of hydrogen-bond donors (Lipinski definition) is 2. The zero-order chi connectivity index (χ0) is 18.8. The minimum Gasteiger partial charge on any atom is -0.393 e. The number of halogens is 1. The fourth-order valence-electron chi connectivity index (χ4n) is 3.50. The van der Waals surface area contributed by atoms with Crippen LogP contribution >= 0.6 is 0 Å². The fourth-order valence-corrected chi connectivity index (χ4v) is 3.50. The van der Waals surface area contributed by atoms with Crippen LogP contribution in [0.2, 0.25) is 0 Å². The molecule has 2 saturated heterocycles. The van der Waals surface area contributed by atoms with Crippen molar-refractivity contribution < 1.29 is 18.9 Å². The van der Waals surface area contributed by atoms with Crippen molar-refractivity contribution in [2.24, 2.45) is 0 Å². The van der Waals surface area contributed by atoms with Gasteiger partial charge < -0.3 is 20.9 Å². The summed E-state index contributed by atoms with van der Waals surface area (Å²) in [5.74, 6) is -1.46. The summed E-state index contributed by atoms with van der Waals surface area (Å²) in [7, 11) is 0. The highest BCUT2D eigenvalue weighted by molar-refractivity contribution is 6.01. The first-order valence-corrected chi connectivity index (χ1v) is 8.41. The Morgan fingerprint density at radius 3 is 2.85 bits per heavy atom. The third kappa shape index (κ3) is 3.45. The van der Waals surface area contributed by atoms with Crippen LogP contribution in [-0.4, -0.2) is 65.3 Å².